The van der Waals surface area contributed by atoms with Crippen LogP contribution in [0, 0.1) is 5.82 Å². The molecule has 0 aliphatic heterocycles. The first kappa shape index (κ1) is 22.0. The Kier molecular flexibility index (Phi) is 8.27. The number of benzene rings is 2. The Labute approximate surface area is 169 Å². The van der Waals surface area contributed by atoms with Crippen molar-refractivity contribution in [1.82, 2.24) is 10.6 Å². The number of methoxy groups -OCH3 is 3. The van der Waals surface area contributed by atoms with Crippen LogP contribution in [-0.4, -0.2) is 39.7 Å². The molecule has 8 heteroatoms. The summed E-state index contributed by atoms with van der Waals surface area (Å²) in [7, 11) is 4.58. The molecule has 7 nitrogen and oxygen atoms in total. The zero-order chi connectivity index (χ0) is 21.2. The van der Waals surface area contributed by atoms with Crippen molar-refractivity contribution < 1.29 is 28.2 Å². The molecular weight excluding hydrogens is 379 g/mol. The third-order valence-electron chi connectivity index (χ3n) is 4.19. The fraction of sp³-hybridized carbons (Fsp3) is 0.333. The molecule has 0 saturated heterocycles. The molecule has 0 atom stereocenters. The number of carbonyl (C=O) groups excluding carboxylic acids is 2. The second kappa shape index (κ2) is 10.9. The first-order chi connectivity index (χ1) is 14.0. The highest BCUT2D eigenvalue weighted by molar-refractivity contribution is 5.94. The van der Waals surface area contributed by atoms with Gasteiger partial charge < -0.3 is 24.8 Å². The van der Waals surface area contributed by atoms with Gasteiger partial charge in [0.2, 0.25) is 11.7 Å². The number of hydrogen-bond donors (Lipinski definition) is 2. The molecule has 0 heterocycles. The molecule has 29 heavy (non-hydrogen) atoms. The number of ether oxygens (including phenoxy) is 3. The van der Waals surface area contributed by atoms with Gasteiger partial charge in [-0.2, -0.15) is 0 Å². The molecule has 0 unspecified atom stereocenters. The van der Waals surface area contributed by atoms with Gasteiger partial charge in [-0.05, 0) is 48.4 Å². The first-order valence-corrected chi connectivity index (χ1v) is 9.07. The highest BCUT2D eigenvalue weighted by atomic mass is 19.1. The van der Waals surface area contributed by atoms with Crippen molar-refractivity contribution in [2.24, 2.45) is 0 Å². The maximum absolute atomic E-state index is 12.9. The summed E-state index contributed by atoms with van der Waals surface area (Å²) >= 11 is 0. The van der Waals surface area contributed by atoms with Crippen molar-refractivity contribution >= 4 is 11.8 Å². The molecule has 2 aromatic rings. The van der Waals surface area contributed by atoms with E-state index in [1.165, 1.54) is 45.6 Å². The normalized spacial score (nSPS) is 10.2. The van der Waals surface area contributed by atoms with Gasteiger partial charge in [-0.25, -0.2) is 4.39 Å². The minimum Gasteiger partial charge on any atom is -0.493 e. The van der Waals surface area contributed by atoms with Gasteiger partial charge in [0.1, 0.15) is 5.82 Å². The summed E-state index contributed by atoms with van der Waals surface area (Å²) in [6, 6.07) is 8.82. The van der Waals surface area contributed by atoms with Crippen LogP contribution in [0.25, 0.3) is 0 Å². The average molecular weight is 404 g/mol. The first-order valence-electron chi connectivity index (χ1n) is 9.07. The van der Waals surface area contributed by atoms with Crippen molar-refractivity contribution in [3.05, 3.63) is 53.3 Å². The molecule has 0 aliphatic rings. The van der Waals surface area contributed by atoms with Crippen LogP contribution in [0.15, 0.2) is 36.4 Å². The molecule has 0 aliphatic carbocycles. The highest BCUT2D eigenvalue weighted by Crippen LogP contribution is 2.38. The molecule has 0 spiro atoms. The lowest BCUT2D eigenvalue weighted by molar-refractivity contribution is -0.121. The quantitative estimate of drug-likeness (QED) is 0.595. The molecule has 2 N–H and O–H groups in total. The van der Waals surface area contributed by atoms with E-state index < -0.39 is 5.82 Å². The minimum atomic E-state index is -0.398. The Morgan fingerprint density at radius 3 is 2.10 bits per heavy atom. The lowest BCUT2D eigenvalue weighted by Gasteiger charge is -2.14. The summed E-state index contributed by atoms with van der Waals surface area (Å²) in [6.07, 6.45) is 0.738. The summed E-state index contributed by atoms with van der Waals surface area (Å²) in [5.74, 6) is 0.670. The van der Waals surface area contributed by atoms with E-state index in [4.69, 9.17) is 14.2 Å². The molecule has 156 valence electrons. The fourth-order valence-electron chi connectivity index (χ4n) is 2.68. The van der Waals surface area contributed by atoms with Gasteiger partial charge in [-0.15, -0.1) is 0 Å². The second-order valence-electron chi connectivity index (χ2n) is 6.18. The SMILES string of the molecule is COc1cc(CNC(=O)CCCNC(=O)c2ccc(F)cc2)cc(OC)c1OC. The maximum Gasteiger partial charge on any atom is 0.251 e. The Bertz CT molecular complexity index is 814. The van der Waals surface area contributed by atoms with Crippen molar-refractivity contribution in [3.8, 4) is 17.2 Å². The lowest BCUT2D eigenvalue weighted by atomic mass is 10.1. The van der Waals surface area contributed by atoms with Crippen molar-refractivity contribution in [2.45, 2.75) is 19.4 Å². The van der Waals surface area contributed by atoms with Crippen LogP contribution < -0.4 is 24.8 Å². The van der Waals surface area contributed by atoms with Crippen molar-refractivity contribution in [2.75, 3.05) is 27.9 Å². The van der Waals surface area contributed by atoms with Gasteiger partial charge in [-0.3, -0.25) is 9.59 Å². The largest absolute Gasteiger partial charge is 0.493 e. The summed E-state index contributed by atoms with van der Waals surface area (Å²) < 4.78 is 28.7. The van der Waals surface area contributed by atoms with Crippen LogP contribution in [-0.2, 0) is 11.3 Å². The molecular formula is C21H25FN2O5. The number of halogens is 1. The van der Waals surface area contributed by atoms with Gasteiger partial charge >= 0.3 is 0 Å². The third-order valence-corrected chi connectivity index (χ3v) is 4.19. The van der Waals surface area contributed by atoms with Crippen molar-refractivity contribution in [1.29, 1.82) is 0 Å². The van der Waals surface area contributed by atoms with Crippen molar-refractivity contribution in [3.63, 3.8) is 0 Å². The molecule has 0 fully saturated rings. The van der Waals surface area contributed by atoms with Crippen LogP contribution in [0.2, 0.25) is 0 Å². The predicted molar refractivity (Wildman–Crippen MR) is 106 cm³/mol. The van der Waals surface area contributed by atoms with E-state index in [9.17, 15) is 14.0 Å². The van der Waals surface area contributed by atoms with Crippen LogP contribution in [0.1, 0.15) is 28.8 Å². The number of nitrogens with one attached hydrogen (secondary N) is 2. The van der Waals surface area contributed by atoms with E-state index in [2.05, 4.69) is 10.6 Å². The number of amides is 2. The van der Waals surface area contributed by atoms with E-state index in [1.54, 1.807) is 12.1 Å². The molecule has 2 rings (SSSR count). The number of rotatable bonds is 10. The van der Waals surface area contributed by atoms with Gasteiger partial charge in [-0.1, -0.05) is 0 Å². The molecule has 0 aromatic heterocycles. The van der Waals surface area contributed by atoms with E-state index in [0.29, 0.717) is 42.3 Å². The topological polar surface area (TPSA) is 85.9 Å². The van der Waals surface area contributed by atoms with E-state index in [0.717, 1.165) is 5.56 Å². The Balaban J connectivity index is 1.77. The smallest absolute Gasteiger partial charge is 0.251 e. The van der Waals surface area contributed by atoms with Gasteiger partial charge in [0.25, 0.3) is 5.91 Å². The van der Waals surface area contributed by atoms with Gasteiger partial charge in [0.05, 0.1) is 21.3 Å². The van der Waals surface area contributed by atoms with E-state index in [1.807, 2.05) is 0 Å². The molecule has 2 aromatic carbocycles. The Morgan fingerprint density at radius 1 is 0.931 bits per heavy atom. The average Bonchev–Trinajstić information content (AvgIpc) is 2.74. The van der Waals surface area contributed by atoms with E-state index in [-0.39, 0.29) is 18.2 Å². The molecule has 0 saturated carbocycles. The summed E-state index contributed by atoms with van der Waals surface area (Å²) in [4.78, 5) is 24.0. The van der Waals surface area contributed by atoms with Crippen LogP contribution >= 0.6 is 0 Å². The zero-order valence-corrected chi connectivity index (χ0v) is 16.7. The summed E-state index contributed by atoms with van der Waals surface area (Å²) in [5.41, 5.74) is 1.18. The van der Waals surface area contributed by atoms with E-state index >= 15 is 0 Å². The highest BCUT2D eigenvalue weighted by Gasteiger charge is 2.13. The fourth-order valence-corrected chi connectivity index (χ4v) is 2.68. The molecule has 0 bridgehead atoms. The molecule has 0 radical (unpaired) electrons. The standard InChI is InChI=1S/C21H25FN2O5/c1-27-17-11-14(12-18(28-2)20(17)29-3)13-24-19(25)5-4-10-23-21(26)15-6-8-16(22)9-7-15/h6-9,11-12H,4-5,10,13H2,1-3H3,(H,23,26)(H,24,25). The zero-order valence-electron chi connectivity index (χ0n) is 16.7. The monoisotopic (exact) mass is 404 g/mol. The summed E-state index contributed by atoms with van der Waals surface area (Å²) in [5, 5.41) is 5.52. The van der Waals surface area contributed by atoms with Crippen LogP contribution in [0.3, 0.4) is 0 Å². The number of hydrogen-bond acceptors (Lipinski definition) is 5. The van der Waals surface area contributed by atoms with Crippen LogP contribution in [0.4, 0.5) is 4.39 Å². The minimum absolute atomic E-state index is 0.144. The second-order valence-corrected chi connectivity index (χ2v) is 6.18. The van der Waals surface area contributed by atoms with Crippen LogP contribution in [0.5, 0.6) is 17.2 Å². The molecule has 2 amide bonds. The third kappa shape index (κ3) is 6.38. The lowest BCUT2D eigenvalue weighted by Crippen LogP contribution is -2.27. The Hall–Kier alpha value is -3.29. The number of carbonyl (C=O) groups is 2. The summed E-state index contributed by atoms with van der Waals surface area (Å²) in [6.45, 7) is 0.644. The van der Waals surface area contributed by atoms with Gasteiger partial charge in [0, 0.05) is 25.1 Å². The predicted octanol–water partition coefficient (Wildman–Crippen LogP) is 2.68. The Morgan fingerprint density at radius 2 is 1.55 bits per heavy atom. The maximum atomic E-state index is 12.9. The van der Waals surface area contributed by atoms with Gasteiger partial charge in [0.15, 0.2) is 11.5 Å².